The Morgan fingerprint density at radius 3 is 2.62 bits per heavy atom. The van der Waals surface area contributed by atoms with Gasteiger partial charge >= 0.3 is 5.97 Å². The van der Waals surface area contributed by atoms with Gasteiger partial charge in [-0.1, -0.05) is 33.1 Å². The number of nitrogens with zero attached hydrogens (tertiary/aromatic N) is 1. The molecule has 0 spiro atoms. The number of hydrogen-bond donors (Lipinski definition) is 2. The third kappa shape index (κ3) is 9.55. The summed E-state index contributed by atoms with van der Waals surface area (Å²) in [6.07, 6.45) is 4.08. The molecule has 12 nitrogen and oxygen atoms in total. The van der Waals surface area contributed by atoms with Gasteiger partial charge in [-0.15, -0.1) is 0 Å². The van der Waals surface area contributed by atoms with E-state index in [-0.39, 0.29) is 36.5 Å². The van der Waals surface area contributed by atoms with Gasteiger partial charge in [-0.25, -0.2) is 4.98 Å². The van der Waals surface area contributed by atoms with Crippen LogP contribution in [0.5, 0.6) is 11.5 Å². The maximum atomic E-state index is 13.3. The highest BCUT2D eigenvalue weighted by atomic mass is 16.7. The fourth-order valence-corrected chi connectivity index (χ4v) is 4.71. The van der Waals surface area contributed by atoms with Crippen molar-refractivity contribution >= 4 is 11.9 Å². The van der Waals surface area contributed by atoms with Gasteiger partial charge in [-0.2, -0.15) is 0 Å². The van der Waals surface area contributed by atoms with Crippen molar-refractivity contribution in [1.29, 1.82) is 0 Å². The maximum Gasteiger partial charge on any atom is 0.305 e. The van der Waals surface area contributed by atoms with Crippen LogP contribution in [0.25, 0.3) is 0 Å². The summed E-state index contributed by atoms with van der Waals surface area (Å²) in [6.45, 7) is 7.40. The first kappa shape index (κ1) is 32.0. The van der Waals surface area contributed by atoms with E-state index < -0.39 is 49.3 Å². The van der Waals surface area contributed by atoms with Crippen LogP contribution in [0.2, 0.25) is 0 Å². The molecule has 1 unspecified atom stereocenters. The normalized spacial score (nSPS) is 26.3. The van der Waals surface area contributed by atoms with Gasteiger partial charge in [0.05, 0.1) is 32.5 Å². The van der Waals surface area contributed by atoms with Gasteiger partial charge in [0.1, 0.15) is 18.2 Å². The Hall–Kier alpha value is -2.51. The molecule has 0 bridgehead atoms. The molecule has 40 heavy (non-hydrogen) atoms. The first-order chi connectivity index (χ1) is 19.2. The number of rotatable bonds is 11. The molecule has 0 aromatic carbocycles. The molecule has 3 rings (SSSR count). The summed E-state index contributed by atoms with van der Waals surface area (Å²) in [5, 5.41) is 13.7. The van der Waals surface area contributed by atoms with Crippen LogP contribution < -0.4 is 14.8 Å². The SMILES string of the molecule is COc1ccnc(C(=O)N[C@H]2COC[C@H](OC3CCCCC3)[C@@H](OCC(C)C)[C@H](C)OC2O)c1OCOC(C)=O. The number of pyridine rings is 1. The minimum absolute atomic E-state index is 0.0143. The lowest BCUT2D eigenvalue weighted by atomic mass is 9.97. The number of aromatic nitrogens is 1. The summed E-state index contributed by atoms with van der Waals surface area (Å²) in [5.74, 6) is -0.716. The zero-order valence-electron chi connectivity index (χ0n) is 24.1. The monoisotopic (exact) mass is 568 g/mol. The van der Waals surface area contributed by atoms with E-state index in [1.54, 1.807) is 0 Å². The van der Waals surface area contributed by atoms with Crippen molar-refractivity contribution in [1.82, 2.24) is 10.3 Å². The van der Waals surface area contributed by atoms with Crippen LogP contribution in [0.1, 0.15) is 70.3 Å². The van der Waals surface area contributed by atoms with Gasteiger partial charge in [0.2, 0.25) is 6.79 Å². The molecule has 1 saturated heterocycles. The molecule has 2 fully saturated rings. The molecule has 226 valence electrons. The predicted octanol–water partition coefficient (Wildman–Crippen LogP) is 2.60. The summed E-state index contributed by atoms with van der Waals surface area (Å²) in [7, 11) is 1.41. The zero-order chi connectivity index (χ0) is 29.1. The minimum Gasteiger partial charge on any atom is -0.493 e. The molecular weight excluding hydrogens is 524 g/mol. The second kappa shape index (κ2) is 16.1. The van der Waals surface area contributed by atoms with Crippen LogP contribution in [0.4, 0.5) is 0 Å². The lowest BCUT2D eigenvalue weighted by Crippen LogP contribution is -2.50. The molecule has 2 N–H and O–H groups in total. The lowest BCUT2D eigenvalue weighted by molar-refractivity contribution is -0.204. The van der Waals surface area contributed by atoms with E-state index in [1.807, 2.05) is 6.92 Å². The molecule has 2 aliphatic rings. The largest absolute Gasteiger partial charge is 0.493 e. The summed E-state index contributed by atoms with van der Waals surface area (Å²) in [5.41, 5.74) is -0.122. The second-order valence-electron chi connectivity index (χ2n) is 10.6. The molecule has 1 aliphatic heterocycles. The Morgan fingerprint density at radius 1 is 1.20 bits per heavy atom. The highest BCUT2D eigenvalue weighted by molar-refractivity contribution is 5.96. The van der Waals surface area contributed by atoms with Gasteiger partial charge in [0.15, 0.2) is 23.5 Å². The number of methoxy groups -OCH3 is 1. The number of carbonyl (C=O) groups is 2. The number of aliphatic hydroxyl groups is 1. The molecule has 0 radical (unpaired) electrons. The third-order valence-corrected chi connectivity index (χ3v) is 6.73. The molecule has 1 aromatic rings. The quantitative estimate of drug-likeness (QED) is 0.300. The maximum absolute atomic E-state index is 13.3. The van der Waals surface area contributed by atoms with Crippen LogP contribution in [0.3, 0.4) is 0 Å². The molecule has 2 heterocycles. The average Bonchev–Trinajstić information content (AvgIpc) is 2.96. The Balaban J connectivity index is 1.75. The Bertz CT molecular complexity index is 940. The second-order valence-corrected chi connectivity index (χ2v) is 10.6. The molecule has 12 heteroatoms. The summed E-state index contributed by atoms with van der Waals surface area (Å²) >= 11 is 0. The third-order valence-electron chi connectivity index (χ3n) is 6.73. The number of hydrogen-bond acceptors (Lipinski definition) is 11. The summed E-state index contributed by atoms with van der Waals surface area (Å²) < 4.78 is 40.3. The number of esters is 1. The fourth-order valence-electron chi connectivity index (χ4n) is 4.71. The average molecular weight is 569 g/mol. The predicted molar refractivity (Wildman–Crippen MR) is 143 cm³/mol. The Labute approximate surface area is 235 Å². The van der Waals surface area contributed by atoms with Crippen molar-refractivity contribution in [2.24, 2.45) is 5.92 Å². The Morgan fingerprint density at radius 2 is 1.95 bits per heavy atom. The van der Waals surface area contributed by atoms with E-state index in [0.29, 0.717) is 12.5 Å². The minimum atomic E-state index is -1.41. The molecule has 1 saturated carbocycles. The lowest BCUT2D eigenvalue weighted by Gasteiger charge is -2.35. The van der Waals surface area contributed by atoms with Gasteiger partial charge in [0, 0.05) is 25.8 Å². The number of amides is 1. The van der Waals surface area contributed by atoms with E-state index in [9.17, 15) is 14.7 Å². The van der Waals surface area contributed by atoms with Crippen LogP contribution in [-0.4, -0.2) is 92.4 Å². The van der Waals surface area contributed by atoms with E-state index in [2.05, 4.69) is 24.1 Å². The van der Waals surface area contributed by atoms with Crippen LogP contribution in [0.15, 0.2) is 12.3 Å². The molecule has 5 atom stereocenters. The summed E-state index contributed by atoms with van der Waals surface area (Å²) in [4.78, 5) is 28.6. The van der Waals surface area contributed by atoms with Crippen LogP contribution in [0, 0.1) is 5.92 Å². The van der Waals surface area contributed by atoms with Gasteiger partial charge in [-0.05, 0) is 25.7 Å². The first-order valence-corrected chi connectivity index (χ1v) is 14.0. The molecular formula is C28H44N2O10. The standard InChI is InChI=1S/C28H44N2O10/c1-17(2)13-36-25-18(3)39-28(33)21(14-35-15-23(25)40-20-9-7-6-8-10-20)30-27(32)24-26(38-16-37-19(4)31)22(34-5)11-12-29-24/h11-12,17-18,20-21,23,25,28,33H,6-10,13-16H2,1-5H3,(H,30,32)/t18-,21-,23-,25-,28?/m0/s1. The highest BCUT2D eigenvalue weighted by Crippen LogP contribution is 2.30. The molecule has 1 aliphatic carbocycles. The Kier molecular flexibility index (Phi) is 12.9. The van der Waals surface area contributed by atoms with Crippen molar-refractivity contribution in [2.75, 3.05) is 33.7 Å². The number of aliphatic hydroxyl groups excluding tert-OH is 1. The topological polar surface area (TPSA) is 144 Å². The van der Waals surface area contributed by atoms with Gasteiger partial charge < -0.3 is 43.6 Å². The van der Waals surface area contributed by atoms with Crippen molar-refractivity contribution < 1.29 is 47.9 Å². The molecule has 1 aromatic heterocycles. The molecule has 1 amide bonds. The smallest absolute Gasteiger partial charge is 0.305 e. The zero-order valence-corrected chi connectivity index (χ0v) is 24.1. The number of nitrogens with one attached hydrogen (secondary N) is 1. The number of carbonyl (C=O) groups excluding carboxylic acids is 2. The van der Waals surface area contributed by atoms with Crippen LogP contribution >= 0.6 is 0 Å². The van der Waals surface area contributed by atoms with Gasteiger partial charge in [0.25, 0.3) is 5.91 Å². The van der Waals surface area contributed by atoms with E-state index in [0.717, 1.165) is 25.7 Å². The fraction of sp³-hybridized carbons (Fsp3) is 0.750. The van der Waals surface area contributed by atoms with E-state index >= 15 is 0 Å². The van der Waals surface area contributed by atoms with E-state index in [4.69, 9.17) is 33.2 Å². The van der Waals surface area contributed by atoms with Crippen molar-refractivity contribution in [3.63, 3.8) is 0 Å². The van der Waals surface area contributed by atoms with E-state index in [1.165, 1.54) is 32.7 Å². The van der Waals surface area contributed by atoms with Crippen molar-refractivity contribution in [2.45, 2.75) is 96.5 Å². The highest BCUT2D eigenvalue weighted by Gasteiger charge is 2.37. The number of ether oxygens (including phenoxy) is 7. The first-order valence-electron chi connectivity index (χ1n) is 14.0. The summed E-state index contributed by atoms with van der Waals surface area (Å²) in [6, 6.07) is 0.565. The van der Waals surface area contributed by atoms with Crippen LogP contribution in [-0.2, 0) is 28.5 Å². The van der Waals surface area contributed by atoms with Gasteiger partial charge in [-0.3, -0.25) is 9.59 Å². The van der Waals surface area contributed by atoms with Crippen molar-refractivity contribution in [3.8, 4) is 11.5 Å². The van der Waals surface area contributed by atoms with Crippen molar-refractivity contribution in [3.05, 3.63) is 18.0 Å².